The molecule has 1 aromatic carbocycles. The summed E-state index contributed by atoms with van der Waals surface area (Å²) in [7, 11) is 0. The van der Waals surface area contributed by atoms with Gasteiger partial charge in [-0.05, 0) is 31.4 Å². The van der Waals surface area contributed by atoms with E-state index in [0.717, 1.165) is 24.8 Å². The van der Waals surface area contributed by atoms with Crippen LogP contribution in [0.3, 0.4) is 0 Å². The lowest BCUT2D eigenvalue weighted by atomic mass is 9.95. The highest BCUT2D eigenvalue weighted by molar-refractivity contribution is 6.30. The van der Waals surface area contributed by atoms with Gasteiger partial charge in [-0.15, -0.1) is 0 Å². The highest BCUT2D eigenvalue weighted by Crippen LogP contribution is 2.22. The summed E-state index contributed by atoms with van der Waals surface area (Å²) in [5.41, 5.74) is 0.756. The van der Waals surface area contributed by atoms with E-state index in [1.165, 1.54) is 0 Å². The second kappa shape index (κ2) is 6.75. The maximum absolute atomic E-state index is 11.9. The van der Waals surface area contributed by atoms with E-state index in [-0.39, 0.29) is 24.4 Å². The second-order valence-electron chi connectivity index (χ2n) is 5.11. The van der Waals surface area contributed by atoms with Crippen LogP contribution in [-0.4, -0.2) is 16.1 Å². The lowest BCUT2D eigenvalue weighted by Crippen LogP contribution is -2.18. The van der Waals surface area contributed by atoms with Gasteiger partial charge in [0.25, 0.3) is 5.89 Å². The maximum Gasteiger partial charge on any atom is 0.309 e. The molecule has 6 heteroatoms. The molecule has 1 aliphatic carbocycles. The summed E-state index contributed by atoms with van der Waals surface area (Å²) in [5.74, 6) is 0.413. The summed E-state index contributed by atoms with van der Waals surface area (Å²) in [4.78, 5) is 16.1. The van der Waals surface area contributed by atoms with Gasteiger partial charge in [0.2, 0.25) is 5.82 Å². The number of halogens is 1. The third-order valence-electron chi connectivity index (χ3n) is 3.49. The molecule has 5 nitrogen and oxygen atoms in total. The zero-order valence-electron chi connectivity index (χ0n) is 11.9. The van der Waals surface area contributed by atoms with Gasteiger partial charge in [0.1, 0.15) is 0 Å². The zero-order valence-corrected chi connectivity index (χ0v) is 12.6. The van der Waals surface area contributed by atoms with Gasteiger partial charge in [-0.3, -0.25) is 4.79 Å². The average molecular weight is 319 g/mol. The minimum atomic E-state index is -0.216. The highest BCUT2D eigenvalue weighted by atomic mass is 35.5. The number of hydrogen-bond donors (Lipinski definition) is 0. The van der Waals surface area contributed by atoms with E-state index in [4.69, 9.17) is 20.9 Å². The molecule has 1 aromatic heterocycles. The van der Waals surface area contributed by atoms with Crippen molar-refractivity contribution in [2.45, 2.75) is 25.9 Å². The Labute approximate surface area is 132 Å². The van der Waals surface area contributed by atoms with E-state index in [9.17, 15) is 4.79 Å². The van der Waals surface area contributed by atoms with E-state index >= 15 is 0 Å². The van der Waals surface area contributed by atoms with Gasteiger partial charge in [-0.1, -0.05) is 41.0 Å². The van der Waals surface area contributed by atoms with Crippen molar-refractivity contribution in [2.24, 2.45) is 5.92 Å². The fourth-order valence-corrected chi connectivity index (χ4v) is 2.51. The van der Waals surface area contributed by atoms with Gasteiger partial charge in [0.05, 0.1) is 5.92 Å². The third-order valence-corrected chi connectivity index (χ3v) is 3.73. The number of benzene rings is 1. The van der Waals surface area contributed by atoms with Crippen LogP contribution in [0, 0.1) is 5.92 Å². The van der Waals surface area contributed by atoms with Crippen LogP contribution in [0.1, 0.15) is 25.2 Å². The molecule has 0 unspecified atom stereocenters. The van der Waals surface area contributed by atoms with E-state index in [0.29, 0.717) is 10.8 Å². The first-order valence-corrected chi connectivity index (χ1v) is 7.50. The SMILES string of the molecule is O=C(OCc1nc(-c2cccc(Cl)c2)no1)[C@@H]1CC=CCC1. The standard InChI is InChI=1S/C16H15ClN2O3/c17-13-8-4-7-12(9-13)15-18-14(22-19-15)10-21-16(20)11-5-2-1-3-6-11/h1-2,4,7-9,11H,3,5-6,10H2/t11-/m1/s1. The largest absolute Gasteiger partial charge is 0.455 e. The molecule has 114 valence electrons. The Morgan fingerprint density at radius 2 is 2.32 bits per heavy atom. The van der Waals surface area contributed by atoms with Crippen molar-refractivity contribution >= 4 is 17.6 Å². The van der Waals surface area contributed by atoms with E-state index < -0.39 is 0 Å². The summed E-state index contributed by atoms with van der Waals surface area (Å²) in [6, 6.07) is 7.16. The fourth-order valence-electron chi connectivity index (χ4n) is 2.32. The quantitative estimate of drug-likeness (QED) is 0.634. The van der Waals surface area contributed by atoms with E-state index in [1.54, 1.807) is 12.1 Å². The lowest BCUT2D eigenvalue weighted by Gasteiger charge is -2.15. The molecule has 3 rings (SSSR count). The van der Waals surface area contributed by atoms with Gasteiger partial charge >= 0.3 is 5.97 Å². The fraction of sp³-hybridized carbons (Fsp3) is 0.312. The molecule has 1 heterocycles. The molecule has 0 radical (unpaired) electrons. The number of carbonyl (C=O) groups excluding carboxylic acids is 1. The average Bonchev–Trinajstić information content (AvgIpc) is 3.02. The Morgan fingerprint density at radius 1 is 1.41 bits per heavy atom. The number of rotatable bonds is 4. The third kappa shape index (κ3) is 3.54. The Bertz CT molecular complexity index is 696. The van der Waals surface area contributed by atoms with Gasteiger partial charge in [0.15, 0.2) is 6.61 Å². The van der Waals surface area contributed by atoms with Gasteiger partial charge in [-0.25, -0.2) is 0 Å². The predicted molar refractivity (Wildman–Crippen MR) is 81.0 cm³/mol. The summed E-state index contributed by atoms with van der Waals surface area (Å²) in [5, 5.41) is 4.47. The summed E-state index contributed by atoms with van der Waals surface area (Å²) in [6.45, 7) is -0.00733. The second-order valence-corrected chi connectivity index (χ2v) is 5.55. The molecule has 0 bridgehead atoms. The van der Waals surface area contributed by atoms with Crippen molar-refractivity contribution in [1.29, 1.82) is 0 Å². The molecule has 0 spiro atoms. The Hall–Kier alpha value is -2.14. The monoisotopic (exact) mass is 318 g/mol. The van der Waals surface area contributed by atoms with E-state index in [2.05, 4.69) is 16.2 Å². The summed E-state index contributed by atoms with van der Waals surface area (Å²) >= 11 is 5.93. The van der Waals surface area contributed by atoms with Crippen LogP contribution in [0.2, 0.25) is 5.02 Å². The van der Waals surface area contributed by atoms with Crippen LogP contribution in [0.25, 0.3) is 11.4 Å². The van der Waals surface area contributed by atoms with Crippen LogP contribution in [0.15, 0.2) is 40.9 Å². The van der Waals surface area contributed by atoms with Gasteiger partial charge in [0, 0.05) is 10.6 Å². The Kier molecular flexibility index (Phi) is 4.53. The first-order chi connectivity index (χ1) is 10.7. The number of ether oxygens (including phenoxy) is 1. The Balaban J connectivity index is 1.60. The minimum Gasteiger partial charge on any atom is -0.455 e. The Morgan fingerprint density at radius 3 is 3.09 bits per heavy atom. The maximum atomic E-state index is 11.9. The zero-order chi connectivity index (χ0) is 15.4. The topological polar surface area (TPSA) is 65.2 Å². The number of hydrogen-bond acceptors (Lipinski definition) is 5. The normalized spacial score (nSPS) is 17.4. The molecular weight excluding hydrogens is 304 g/mol. The molecule has 0 aliphatic heterocycles. The van der Waals surface area contributed by atoms with Crippen LogP contribution >= 0.6 is 11.6 Å². The van der Waals surface area contributed by atoms with Gasteiger partial charge in [-0.2, -0.15) is 4.98 Å². The number of esters is 1. The number of allylic oxidation sites excluding steroid dienone is 2. The molecule has 2 aromatic rings. The number of carbonyl (C=O) groups is 1. The van der Waals surface area contributed by atoms with Crippen molar-refractivity contribution < 1.29 is 14.1 Å². The van der Waals surface area contributed by atoms with Crippen LogP contribution in [0.4, 0.5) is 0 Å². The van der Waals surface area contributed by atoms with Crippen LogP contribution < -0.4 is 0 Å². The molecule has 0 saturated heterocycles. The molecule has 0 saturated carbocycles. The molecular formula is C16H15ClN2O3. The van der Waals surface area contributed by atoms with Crippen molar-refractivity contribution in [2.75, 3.05) is 0 Å². The number of nitrogens with zero attached hydrogens (tertiary/aromatic N) is 2. The van der Waals surface area contributed by atoms with Crippen LogP contribution in [-0.2, 0) is 16.1 Å². The van der Waals surface area contributed by atoms with E-state index in [1.807, 2.05) is 18.2 Å². The minimum absolute atomic E-state index is 0.00733. The smallest absolute Gasteiger partial charge is 0.309 e. The summed E-state index contributed by atoms with van der Waals surface area (Å²) < 4.78 is 10.3. The highest BCUT2D eigenvalue weighted by Gasteiger charge is 2.21. The first kappa shape index (κ1) is 14.8. The van der Waals surface area contributed by atoms with Crippen molar-refractivity contribution in [1.82, 2.24) is 10.1 Å². The van der Waals surface area contributed by atoms with Crippen molar-refractivity contribution in [3.8, 4) is 11.4 Å². The molecule has 1 atom stereocenters. The molecule has 22 heavy (non-hydrogen) atoms. The summed E-state index contributed by atoms with van der Waals surface area (Å²) in [6.07, 6.45) is 6.57. The number of aromatic nitrogens is 2. The first-order valence-electron chi connectivity index (χ1n) is 7.12. The molecule has 0 N–H and O–H groups in total. The lowest BCUT2D eigenvalue weighted by molar-refractivity contribution is -0.150. The van der Waals surface area contributed by atoms with Gasteiger partial charge < -0.3 is 9.26 Å². The predicted octanol–water partition coefficient (Wildman–Crippen LogP) is 3.79. The molecule has 0 amide bonds. The van der Waals surface area contributed by atoms with Crippen molar-refractivity contribution in [3.63, 3.8) is 0 Å². The molecule has 1 aliphatic rings. The molecule has 0 fully saturated rings. The van der Waals surface area contributed by atoms with Crippen LogP contribution in [0.5, 0.6) is 0 Å². The van der Waals surface area contributed by atoms with Crippen molar-refractivity contribution in [3.05, 3.63) is 47.3 Å².